The van der Waals surface area contributed by atoms with E-state index in [4.69, 9.17) is 15.2 Å². The fraction of sp³-hybridized carbons (Fsp3) is 0.312. The van der Waals surface area contributed by atoms with Crippen LogP contribution in [0.25, 0.3) is 0 Å². The number of nitrogens with two attached hydrogens (primary N) is 1. The number of benzene rings is 1. The lowest BCUT2D eigenvalue weighted by Crippen LogP contribution is -2.29. The number of ether oxygens (including phenoxy) is 2. The van der Waals surface area contributed by atoms with Crippen molar-refractivity contribution in [2.45, 2.75) is 19.9 Å². The van der Waals surface area contributed by atoms with Crippen LogP contribution in [0.15, 0.2) is 24.5 Å². The molecule has 0 saturated heterocycles. The van der Waals surface area contributed by atoms with Gasteiger partial charge in [-0.1, -0.05) is 0 Å². The Morgan fingerprint density at radius 1 is 1.17 bits per heavy atom. The highest BCUT2D eigenvalue weighted by molar-refractivity contribution is 5.96. The van der Waals surface area contributed by atoms with Crippen molar-refractivity contribution in [3.05, 3.63) is 41.3 Å². The Morgan fingerprint density at radius 3 is 2.39 bits per heavy atom. The Bertz CT molecular complexity index is 718. The van der Waals surface area contributed by atoms with Crippen LogP contribution in [0.3, 0.4) is 0 Å². The van der Waals surface area contributed by atoms with Gasteiger partial charge < -0.3 is 20.5 Å². The van der Waals surface area contributed by atoms with Gasteiger partial charge in [0.05, 0.1) is 20.3 Å². The molecular weight excluding hydrogens is 296 g/mol. The van der Waals surface area contributed by atoms with Gasteiger partial charge in [-0.3, -0.25) is 4.79 Å². The van der Waals surface area contributed by atoms with E-state index in [0.29, 0.717) is 11.5 Å². The molecule has 0 radical (unpaired) electrons. The third-order valence-corrected chi connectivity index (χ3v) is 3.53. The second kappa shape index (κ2) is 6.95. The summed E-state index contributed by atoms with van der Waals surface area (Å²) in [7, 11) is 3.15. The van der Waals surface area contributed by atoms with Crippen LogP contribution in [-0.2, 0) is 0 Å². The molecule has 7 nitrogen and oxygen atoms in total. The second-order valence-corrected chi connectivity index (χ2v) is 5.05. The zero-order valence-electron chi connectivity index (χ0n) is 13.6. The number of hydrogen-bond acceptors (Lipinski definition) is 6. The first-order chi connectivity index (χ1) is 11.0. The molecule has 1 atom stereocenters. The molecule has 0 saturated carbocycles. The summed E-state index contributed by atoms with van der Waals surface area (Å²) in [5.41, 5.74) is 7.68. The molecule has 2 rings (SSSR count). The molecule has 0 bridgehead atoms. The van der Waals surface area contributed by atoms with Crippen molar-refractivity contribution in [2.24, 2.45) is 0 Å². The third kappa shape index (κ3) is 3.50. The van der Waals surface area contributed by atoms with Crippen LogP contribution in [0.2, 0.25) is 0 Å². The van der Waals surface area contributed by atoms with Crippen molar-refractivity contribution in [3.8, 4) is 11.5 Å². The van der Waals surface area contributed by atoms with Crippen molar-refractivity contribution >= 4 is 11.7 Å². The minimum absolute atomic E-state index is 0.0984. The van der Waals surface area contributed by atoms with Gasteiger partial charge in [0.2, 0.25) is 0 Å². The van der Waals surface area contributed by atoms with Crippen molar-refractivity contribution in [1.29, 1.82) is 0 Å². The summed E-state index contributed by atoms with van der Waals surface area (Å²) in [6.07, 6.45) is 2.87. The van der Waals surface area contributed by atoms with Gasteiger partial charge in [-0.2, -0.15) is 0 Å². The molecule has 0 spiro atoms. The average molecular weight is 316 g/mol. The van der Waals surface area contributed by atoms with E-state index in [-0.39, 0.29) is 23.5 Å². The molecule has 2 aromatic rings. The van der Waals surface area contributed by atoms with Crippen LogP contribution in [-0.4, -0.2) is 30.1 Å². The lowest BCUT2D eigenvalue weighted by atomic mass is 10.0. The number of nitrogens with one attached hydrogen (secondary N) is 1. The predicted octanol–water partition coefficient (Wildman–Crippen LogP) is 1.88. The molecule has 1 unspecified atom stereocenters. The van der Waals surface area contributed by atoms with Crippen LogP contribution >= 0.6 is 0 Å². The maximum Gasteiger partial charge on any atom is 0.274 e. The van der Waals surface area contributed by atoms with Gasteiger partial charge >= 0.3 is 0 Å². The first kappa shape index (κ1) is 16.5. The standard InChI is InChI=1S/C16H20N4O3/c1-9-7-12(22-3)13(23-4)8-11(9)10(2)20-16(21)14-15(17)19-6-5-18-14/h5-8,10H,1-4H3,(H2,17,19)(H,20,21). The molecule has 1 aromatic carbocycles. The molecule has 0 fully saturated rings. The Balaban J connectivity index is 2.25. The Morgan fingerprint density at radius 2 is 1.78 bits per heavy atom. The highest BCUT2D eigenvalue weighted by Gasteiger charge is 2.18. The highest BCUT2D eigenvalue weighted by Crippen LogP contribution is 2.32. The van der Waals surface area contributed by atoms with Gasteiger partial charge in [-0.25, -0.2) is 9.97 Å². The van der Waals surface area contributed by atoms with E-state index in [1.165, 1.54) is 12.4 Å². The number of aryl methyl sites for hydroxylation is 1. The predicted molar refractivity (Wildman–Crippen MR) is 86.6 cm³/mol. The van der Waals surface area contributed by atoms with Gasteiger partial charge in [0.15, 0.2) is 23.0 Å². The minimum atomic E-state index is -0.378. The number of anilines is 1. The fourth-order valence-electron chi connectivity index (χ4n) is 2.33. The number of nitrogens with zero attached hydrogens (tertiary/aromatic N) is 2. The van der Waals surface area contributed by atoms with Crippen LogP contribution in [0.4, 0.5) is 5.82 Å². The molecule has 1 aromatic heterocycles. The fourth-order valence-corrected chi connectivity index (χ4v) is 2.33. The van der Waals surface area contributed by atoms with Crippen LogP contribution in [0.5, 0.6) is 11.5 Å². The number of amides is 1. The molecule has 0 aliphatic carbocycles. The summed E-state index contributed by atoms with van der Waals surface area (Å²) in [5.74, 6) is 0.970. The first-order valence-corrected chi connectivity index (χ1v) is 7.07. The van der Waals surface area contributed by atoms with Crippen LogP contribution < -0.4 is 20.5 Å². The summed E-state index contributed by atoms with van der Waals surface area (Å²) >= 11 is 0. The number of hydrogen-bond donors (Lipinski definition) is 2. The summed E-state index contributed by atoms with van der Waals surface area (Å²) in [5, 5.41) is 2.87. The molecule has 3 N–H and O–H groups in total. The number of nitrogen functional groups attached to an aromatic ring is 1. The third-order valence-electron chi connectivity index (χ3n) is 3.53. The number of carbonyl (C=O) groups is 1. The van der Waals surface area contributed by atoms with Crippen LogP contribution in [0.1, 0.15) is 34.6 Å². The maximum absolute atomic E-state index is 12.3. The Kier molecular flexibility index (Phi) is 5.00. The van der Waals surface area contributed by atoms with E-state index >= 15 is 0 Å². The van der Waals surface area contributed by atoms with Crippen molar-refractivity contribution in [1.82, 2.24) is 15.3 Å². The molecule has 122 valence electrons. The normalized spacial score (nSPS) is 11.7. The molecular formula is C16H20N4O3. The quantitative estimate of drug-likeness (QED) is 0.873. The average Bonchev–Trinajstić information content (AvgIpc) is 2.54. The monoisotopic (exact) mass is 316 g/mol. The lowest BCUT2D eigenvalue weighted by molar-refractivity contribution is 0.0935. The van der Waals surface area contributed by atoms with E-state index in [2.05, 4.69) is 15.3 Å². The molecule has 7 heteroatoms. The summed E-state index contributed by atoms with van der Waals surface area (Å²) in [6, 6.07) is 3.45. The van der Waals surface area contributed by atoms with E-state index in [9.17, 15) is 4.79 Å². The molecule has 0 aliphatic rings. The molecule has 1 amide bonds. The number of rotatable bonds is 5. The van der Waals surface area contributed by atoms with E-state index in [1.54, 1.807) is 14.2 Å². The van der Waals surface area contributed by atoms with Crippen LogP contribution in [0, 0.1) is 6.92 Å². The van der Waals surface area contributed by atoms with Gasteiger partial charge in [0, 0.05) is 12.4 Å². The Labute approximate surface area is 134 Å². The molecule has 0 aliphatic heterocycles. The zero-order chi connectivity index (χ0) is 17.0. The van der Waals surface area contributed by atoms with Crippen molar-refractivity contribution in [2.75, 3.05) is 20.0 Å². The second-order valence-electron chi connectivity index (χ2n) is 5.05. The smallest absolute Gasteiger partial charge is 0.274 e. The Hall–Kier alpha value is -2.83. The van der Waals surface area contributed by atoms with Gasteiger partial charge in [-0.05, 0) is 37.1 Å². The van der Waals surface area contributed by atoms with E-state index in [0.717, 1.165) is 11.1 Å². The summed E-state index contributed by atoms with van der Waals surface area (Å²) in [4.78, 5) is 20.1. The molecule has 1 heterocycles. The van der Waals surface area contributed by atoms with E-state index in [1.807, 2.05) is 26.0 Å². The first-order valence-electron chi connectivity index (χ1n) is 7.07. The topological polar surface area (TPSA) is 99.4 Å². The largest absolute Gasteiger partial charge is 0.493 e. The SMILES string of the molecule is COc1cc(C)c(C(C)NC(=O)c2nccnc2N)cc1OC. The van der Waals surface area contributed by atoms with E-state index < -0.39 is 0 Å². The number of carbonyl (C=O) groups excluding carboxylic acids is 1. The van der Waals surface area contributed by atoms with Crippen molar-refractivity contribution < 1.29 is 14.3 Å². The summed E-state index contributed by atoms with van der Waals surface area (Å²) < 4.78 is 10.6. The molecule has 23 heavy (non-hydrogen) atoms. The van der Waals surface area contributed by atoms with Crippen molar-refractivity contribution in [3.63, 3.8) is 0 Å². The number of methoxy groups -OCH3 is 2. The lowest BCUT2D eigenvalue weighted by Gasteiger charge is -2.19. The highest BCUT2D eigenvalue weighted by atomic mass is 16.5. The van der Waals surface area contributed by atoms with Gasteiger partial charge in [0.1, 0.15) is 0 Å². The zero-order valence-corrected chi connectivity index (χ0v) is 13.6. The van der Waals surface area contributed by atoms with Gasteiger partial charge in [0.25, 0.3) is 5.91 Å². The minimum Gasteiger partial charge on any atom is -0.493 e. The number of aromatic nitrogens is 2. The summed E-state index contributed by atoms with van der Waals surface area (Å²) in [6.45, 7) is 3.81. The van der Waals surface area contributed by atoms with Gasteiger partial charge in [-0.15, -0.1) is 0 Å². The maximum atomic E-state index is 12.3.